The van der Waals surface area contributed by atoms with Crippen LogP contribution >= 0.6 is 27.7 Å². The maximum Gasteiger partial charge on any atom is 0.289 e. The van der Waals surface area contributed by atoms with Crippen molar-refractivity contribution in [2.45, 2.75) is 6.54 Å². The van der Waals surface area contributed by atoms with Gasteiger partial charge in [0.05, 0.1) is 12.3 Å². The number of amides is 3. The number of anilines is 1. The van der Waals surface area contributed by atoms with Crippen molar-refractivity contribution in [3.05, 3.63) is 64.1 Å². The van der Waals surface area contributed by atoms with E-state index in [1.807, 2.05) is 12.1 Å². The lowest BCUT2D eigenvalue weighted by atomic mass is 10.1. The van der Waals surface area contributed by atoms with Crippen molar-refractivity contribution in [3.63, 3.8) is 0 Å². The summed E-state index contributed by atoms with van der Waals surface area (Å²) in [7, 11) is 0. The van der Waals surface area contributed by atoms with Gasteiger partial charge in [0.25, 0.3) is 11.1 Å². The molecule has 0 saturated carbocycles. The molecule has 0 atom stereocenters. The highest BCUT2D eigenvalue weighted by molar-refractivity contribution is 9.10. The average molecular weight is 405 g/mol. The summed E-state index contributed by atoms with van der Waals surface area (Å²) in [5.41, 5.74) is 1.90. The van der Waals surface area contributed by atoms with Crippen LogP contribution in [0.1, 0.15) is 15.9 Å². The van der Waals surface area contributed by atoms with Gasteiger partial charge in [0.2, 0.25) is 5.91 Å². The van der Waals surface area contributed by atoms with Gasteiger partial charge in [0.15, 0.2) is 0 Å². The molecule has 3 amide bonds. The number of imide groups is 1. The highest BCUT2D eigenvalue weighted by atomic mass is 79.9. The largest absolute Gasteiger partial charge is 0.322 e. The van der Waals surface area contributed by atoms with E-state index in [4.69, 9.17) is 0 Å². The predicted molar refractivity (Wildman–Crippen MR) is 96.9 cm³/mol. The third-order valence-electron chi connectivity index (χ3n) is 3.47. The van der Waals surface area contributed by atoms with Crippen LogP contribution in [0.5, 0.6) is 0 Å². The van der Waals surface area contributed by atoms with E-state index >= 15 is 0 Å². The van der Waals surface area contributed by atoms with Crippen LogP contribution in [0.4, 0.5) is 10.5 Å². The second-order valence-electron chi connectivity index (χ2n) is 5.20. The Kier molecular flexibility index (Phi) is 5.01. The van der Waals surface area contributed by atoms with Gasteiger partial charge < -0.3 is 5.32 Å². The number of benzene rings is 2. The fourth-order valence-electron chi connectivity index (χ4n) is 2.26. The van der Waals surface area contributed by atoms with E-state index in [9.17, 15) is 14.4 Å². The van der Waals surface area contributed by atoms with Crippen molar-refractivity contribution in [1.82, 2.24) is 4.90 Å². The number of nitrogens with zero attached hydrogens (tertiary/aromatic N) is 1. The highest BCUT2D eigenvalue weighted by Gasteiger charge is 2.29. The van der Waals surface area contributed by atoms with Crippen LogP contribution in [-0.2, 0) is 11.3 Å². The van der Waals surface area contributed by atoms with Crippen molar-refractivity contribution < 1.29 is 14.4 Å². The van der Waals surface area contributed by atoms with Crippen LogP contribution < -0.4 is 5.32 Å². The Morgan fingerprint density at radius 2 is 1.92 bits per heavy atom. The maximum absolute atomic E-state index is 12.3. The second kappa shape index (κ2) is 7.19. The van der Waals surface area contributed by atoms with E-state index in [0.29, 0.717) is 11.3 Å². The molecule has 1 N–H and O–H groups in total. The molecule has 0 unspecified atom stereocenters. The third kappa shape index (κ3) is 3.85. The quantitative estimate of drug-likeness (QED) is 0.838. The van der Waals surface area contributed by atoms with Gasteiger partial charge in [-0.25, -0.2) is 0 Å². The minimum absolute atomic E-state index is 0.183. The van der Waals surface area contributed by atoms with Gasteiger partial charge in [-0.2, -0.15) is 0 Å². The molecule has 1 fully saturated rings. The molecule has 5 nitrogen and oxygen atoms in total. The van der Waals surface area contributed by atoms with E-state index in [1.165, 1.54) is 4.90 Å². The first-order valence-electron chi connectivity index (χ1n) is 7.16. The van der Waals surface area contributed by atoms with Gasteiger partial charge in [-0.05, 0) is 42.0 Å². The monoisotopic (exact) mass is 404 g/mol. The molecule has 0 aliphatic carbocycles. The Morgan fingerprint density at radius 1 is 1.17 bits per heavy atom. The summed E-state index contributed by atoms with van der Waals surface area (Å²) < 4.78 is 0.931. The van der Waals surface area contributed by atoms with Gasteiger partial charge in [0.1, 0.15) is 0 Å². The molecule has 2 aromatic rings. The number of carbonyl (C=O) groups is 3. The molecule has 1 saturated heterocycles. The van der Waals surface area contributed by atoms with Gasteiger partial charge in [-0.15, -0.1) is 0 Å². The molecule has 24 heavy (non-hydrogen) atoms. The molecular formula is C17H13BrN2O3S. The van der Waals surface area contributed by atoms with E-state index in [1.54, 1.807) is 36.4 Å². The van der Waals surface area contributed by atoms with Crippen molar-refractivity contribution >= 4 is 50.4 Å². The molecule has 0 aromatic heterocycles. The maximum atomic E-state index is 12.3. The minimum Gasteiger partial charge on any atom is -0.322 e. The normalized spacial score (nSPS) is 14.1. The molecule has 122 valence electrons. The molecule has 0 radical (unpaired) electrons. The fourth-order valence-corrected chi connectivity index (χ4v) is 3.25. The van der Waals surface area contributed by atoms with Crippen molar-refractivity contribution in [1.29, 1.82) is 0 Å². The van der Waals surface area contributed by atoms with Gasteiger partial charge in [-0.1, -0.05) is 39.8 Å². The molecule has 1 heterocycles. The van der Waals surface area contributed by atoms with Crippen LogP contribution in [0.15, 0.2) is 53.0 Å². The number of hydrogen-bond donors (Lipinski definition) is 1. The fraction of sp³-hybridized carbons (Fsp3) is 0.118. The van der Waals surface area contributed by atoms with Gasteiger partial charge >= 0.3 is 0 Å². The highest BCUT2D eigenvalue weighted by Crippen LogP contribution is 2.22. The smallest absolute Gasteiger partial charge is 0.289 e. The van der Waals surface area contributed by atoms with E-state index in [-0.39, 0.29) is 29.4 Å². The first kappa shape index (κ1) is 16.7. The molecule has 2 aromatic carbocycles. The Morgan fingerprint density at radius 3 is 2.58 bits per heavy atom. The SMILES string of the molecule is O=C(Nc1ccc(Br)cc1)c1cccc(CN2C(=O)CSC2=O)c1. The van der Waals surface area contributed by atoms with Crippen molar-refractivity contribution in [3.8, 4) is 0 Å². The average Bonchev–Trinajstić information content (AvgIpc) is 2.89. The van der Waals surface area contributed by atoms with Crippen LogP contribution in [0.2, 0.25) is 0 Å². The number of nitrogens with one attached hydrogen (secondary N) is 1. The van der Waals surface area contributed by atoms with Crippen molar-refractivity contribution in [2.24, 2.45) is 0 Å². The summed E-state index contributed by atoms with van der Waals surface area (Å²) in [5, 5.41) is 2.57. The summed E-state index contributed by atoms with van der Waals surface area (Å²) in [6.45, 7) is 0.185. The van der Waals surface area contributed by atoms with Crippen LogP contribution in [-0.4, -0.2) is 27.7 Å². The number of hydrogen-bond acceptors (Lipinski definition) is 4. The Hall–Kier alpha value is -2.12. The third-order valence-corrected chi connectivity index (χ3v) is 4.86. The topological polar surface area (TPSA) is 66.5 Å². The Bertz CT molecular complexity index is 792. The number of thioether (sulfide) groups is 1. The molecule has 7 heteroatoms. The first-order valence-corrected chi connectivity index (χ1v) is 8.94. The Balaban J connectivity index is 1.72. The summed E-state index contributed by atoms with van der Waals surface area (Å²) in [5.74, 6) is -0.259. The molecule has 1 aliphatic heterocycles. The summed E-state index contributed by atoms with van der Waals surface area (Å²) in [6.07, 6.45) is 0. The summed E-state index contributed by atoms with van der Waals surface area (Å²) in [4.78, 5) is 36.9. The number of rotatable bonds is 4. The number of halogens is 1. The zero-order chi connectivity index (χ0) is 17.1. The Labute approximate surface area is 151 Å². The van der Waals surface area contributed by atoms with Gasteiger partial charge in [-0.3, -0.25) is 19.3 Å². The van der Waals surface area contributed by atoms with E-state index < -0.39 is 0 Å². The summed E-state index contributed by atoms with van der Waals surface area (Å²) in [6, 6.07) is 14.2. The van der Waals surface area contributed by atoms with Crippen LogP contribution in [0.25, 0.3) is 0 Å². The molecule has 0 bridgehead atoms. The molecule has 0 spiro atoms. The standard InChI is InChI=1S/C17H13BrN2O3S/c18-13-4-6-14(7-5-13)19-16(22)12-3-1-2-11(8-12)9-20-15(21)10-24-17(20)23/h1-8H,9-10H2,(H,19,22). The zero-order valence-electron chi connectivity index (χ0n) is 12.5. The van der Waals surface area contributed by atoms with Crippen LogP contribution in [0.3, 0.4) is 0 Å². The van der Waals surface area contributed by atoms with E-state index in [2.05, 4.69) is 21.2 Å². The number of carbonyl (C=O) groups excluding carboxylic acids is 3. The van der Waals surface area contributed by atoms with Gasteiger partial charge in [0, 0.05) is 15.7 Å². The lowest BCUT2D eigenvalue weighted by molar-refractivity contribution is -0.125. The molecule has 1 aliphatic rings. The molecule has 3 rings (SSSR count). The first-order chi connectivity index (χ1) is 11.5. The zero-order valence-corrected chi connectivity index (χ0v) is 14.9. The van der Waals surface area contributed by atoms with Crippen molar-refractivity contribution in [2.75, 3.05) is 11.1 Å². The minimum atomic E-state index is -0.246. The summed E-state index contributed by atoms with van der Waals surface area (Å²) >= 11 is 4.34. The van der Waals surface area contributed by atoms with Crippen LogP contribution in [0, 0.1) is 0 Å². The lowest BCUT2D eigenvalue weighted by Crippen LogP contribution is -2.28. The predicted octanol–water partition coefficient (Wildman–Crippen LogP) is 3.90. The molecular weight excluding hydrogens is 392 g/mol. The lowest BCUT2D eigenvalue weighted by Gasteiger charge is -2.13. The second-order valence-corrected chi connectivity index (χ2v) is 7.04. The van der Waals surface area contributed by atoms with E-state index in [0.717, 1.165) is 21.8 Å².